The molecule has 0 fully saturated rings. The SMILES string of the molecule is CCCn1c(C)cc(/C=C(\C#N)C(=O)OCC(=O)N2N=C(c3ccccc3)C[C@H]2c2ccc(OC)cc2)c1C. The first-order valence-corrected chi connectivity index (χ1v) is 12.9. The van der Waals surface area contributed by atoms with Crippen LogP contribution in [-0.4, -0.2) is 40.9 Å². The van der Waals surface area contributed by atoms with E-state index in [0.717, 1.165) is 46.8 Å². The summed E-state index contributed by atoms with van der Waals surface area (Å²) in [5.74, 6) is -0.619. The second-order valence-electron chi connectivity index (χ2n) is 9.37. The number of nitriles is 1. The Morgan fingerprint density at radius 2 is 1.85 bits per heavy atom. The summed E-state index contributed by atoms with van der Waals surface area (Å²) in [7, 11) is 1.60. The lowest BCUT2D eigenvalue weighted by Crippen LogP contribution is -2.31. The van der Waals surface area contributed by atoms with Gasteiger partial charge in [0.2, 0.25) is 0 Å². The molecule has 2 aromatic carbocycles. The number of hydrogen-bond acceptors (Lipinski definition) is 6. The molecule has 0 saturated heterocycles. The first-order chi connectivity index (χ1) is 18.9. The lowest BCUT2D eigenvalue weighted by molar-refractivity contribution is -0.149. The average molecular weight is 525 g/mol. The number of amides is 1. The maximum Gasteiger partial charge on any atom is 0.349 e. The average Bonchev–Trinajstić information content (AvgIpc) is 3.52. The molecular weight excluding hydrogens is 492 g/mol. The van der Waals surface area contributed by atoms with Crippen molar-refractivity contribution in [3.8, 4) is 11.8 Å². The van der Waals surface area contributed by atoms with Crippen molar-refractivity contribution in [3.05, 3.63) is 94.3 Å². The highest BCUT2D eigenvalue weighted by Gasteiger charge is 2.33. The number of hydrazone groups is 1. The van der Waals surface area contributed by atoms with Crippen LogP contribution >= 0.6 is 0 Å². The molecule has 8 heteroatoms. The molecule has 1 amide bonds. The van der Waals surface area contributed by atoms with Crippen LogP contribution in [0.2, 0.25) is 0 Å². The van der Waals surface area contributed by atoms with Crippen LogP contribution in [0.15, 0.2) is 71.3 Å². The molecule has 0 spiro atoms. The molecule has 0 N–H and O–H groups in total. The molecule has 1 aromatic heterocycles. The van der Waals surface area contributed by atoms with Crippen molar-refractivity contribution in [2.45, 2.75) is 46.2 Å². The van der Waals surface area contributed by atoms with E-state index in [2.05, 4.69) is 16.6 Å². The highest BCUT2D eigenvalue weighted by atomic mass is 16.5. The van der Waals surface area contributed by atoms with Gasteiger partial charge in [-0.2, -0.15) is 10.4 Å². The standard InChI is InChI=1S/C31H32N4O4/c1-5-15-34-21(2)16-25(22(34)3)17-26(19-32)31(37)39-20-30(36)35-29(24-11-13-27(38-4)14-12-24)18-28(33-35)23-9-7-6-8-10-23/h6-14,16-17,29H,5,15,18,20H2,1-4H3/b26-17+/t29-/m0/s1. The van der Waals surface area contributed by atoms with Crippen LogP contribution in [0.3, 0.4) is 0 Å². The van der Waals surface area contributed by atoms with Gasteiger partial charge in [-0.15, -0.1) is 0 Å². The Morgan fingerprint density at radius 3 is 2.49 bits per heavy atom. The quantitative estimate of drug-likeness (QED) is 0.214. The topological polar surface area (TPSA) is 96.9 Å². The van der Waals surface area contributed by atoms with E-state index in [9.17, 15) is 14.9 Å². The number of carbonyl (C=O) groups excluding carboxylic acids is 2. The predicted molar refractivity (Wildman–Crippen MR) is 149 cm³/mol. The minimum Gasteiger partial charge on any atom is -0.497 e. The van der Waals surface area contributed by atoms with Crippen LogP contribution in [0.5, 0.6) is 5.75 Å². The van der Waals surface area contributed by atoms with Gasteiger partial charge in [0.1, 0.15) is 17.4 Å². The second-order valence-corrected chi connectivity index (χ2v) is 9.37. The maximum absolute atomic E-state index is 13.3. The Labute approximate surface area is 228 Å². The van der Waals surface area contributed by atoms with Crippen LogP contribution in [0.4, 0.5) is 0 Å². The monoisotopic (exact) mass is 524 g/mol. The lowest BCUT2D eigenvalue weighted by Gasteiger charge is -2.22. The minimum atomic E-state index is -0.849. The molecule has 1 aliphatic heterocycles. The van der Waals surface area contributed by atoms with Crippen LogP contribution in [0, 0.1) is 25.2 Å². The van der Waals surface area contributed by atoms with Crippen molar-refractivity contribution in [2.75, 3.05) is 13.7 Å². The van der Waals surface area contributed by atoms with E-state index in [-0.39, 0.29) is 11.6 Å². The molecule has 3 aromatic rings. The van der Waals surface area contributed by atoms with Crippen LogP contribution < -0.4 is 4.74 Å². The summed E-state index contributed by atoms with van der Waals surface area (Å²) >= 11 is 0. The number of hydrogen-bond donors (Lipinski definition) is 0. The predicted octanol–water partition coefficient (Wildman–Crippen LogP) is 5.35. The van der Waals surface area contributed by atoms with Gasteiger partial charge < -0.3 is 14.0 Å². The fraction of sp³-hybridized carbons (Fsp3) is 0.290. The Morgan fingerprint density at radius 1 is 1.13 bits per heavy atom. The van der Waals surface area contributed by atoms with Crippen LogP contribution in [0.25, 0.3) is 6.08 Å². The molecule has 4 rings (SSSR count). The number of esters is 1. The number of ether oxygens (including phenoxy) is 2. The molecule has 0 aliphatic carbocycles. The fourth-order valence-corrected chi connectivity index (χ4v) is 4.74. The van der Waals surface area contributed by atoms with Crippen LogP contribution in [0.1, 0.15) is 53.9 Å². The third-order valence-electron chi connectivity index (χ3n) is 6.80. The highest BCUT2D eigenvalue weighted by molar-refractivity contribution is 6.03. The van der Waals surface area contributed by atoms with Gasteiger partial charge in [-0.3, -0.25) is 4.79 Å². The molecule has 8 nitrogen and oxygen atoms in total. The van der Waals surface area contributed by atoms with Crippen molar-refractivity contribution < 1.29 is 19.1 Å². The normalized spacial score (nSPS) is 15.1. The van der Waals surface area contributed by atoms with Gasteiger partial charge in [0.15, 0.2) is 6.61 Å². The summed E-state index contributed by atoms with van der Waals surface area (Å²) in [6.07, 6.45) is 2.99. The summed E-state index contributed by atoms with van der Waals surface area (Å²) in [6, 6.07) is 20.6. The first-order valence-electron chi connectivity index (χ1n) is 12.9. The molecule has 0 unspecified atom stereocenters. The summed E-state index contributed by atoms with van der Waals surface area (Å²) in [6.45, 7) is 6.35. The van der Waals surface area contributed by atoms with E-state index < -0.39 is 18.5 Å². The van der Waals surface area contributed by atoms with Crippen molar-refractivity contribution in [1.82, 2.24) is 9.58 Å². The third kappa shape index (κ3) is 6.10. The number of carbonyl (C=O) groups is 2. The Balaban J connectivity index is 1.52. The van der Waals surface area contributed by atoms with Crippen molar-refractivity contribution >= 4 is 23.7 Å². The van der Waals surface area contributed by atoms with E-state index in [1.165, 1.54) is 11.1 Å². The second kappa shape index (κ2) is 12.3. The molecule has 200 valence electrons. The number of benzene rings is 2. The molecule has 39 heavy (non-hydrogen) atoms. The van der Waals surface area contributed by atoms with Gasteiger partial charge in [-0.1, -0.05) is 49.4 Å². The molecule has 1 aliphatic rings. The summed E-state index contributed by atoms with van der Waals surface area (Å²) in [5, 5.41) is 15.6. The van der Waals surface area contributed by atoms with Gasteiger partial charge in [0, 0.05) is 24.4 Å². The van der Waals surface area contributed by atoms with Gasteiger partial charge in [-0.25, -0.2) is 9.80 Å². The van der Waals surface area contributed by atoms with Crippen LogP contribution in [-0.2, 0) is 20.9 Å². The van der Waals surface area contributed by atoms with Gasteiger partial charge in [-0.05, 0) is 61.2 Å². The smallest absolute Gasteiger partial charge is 0.349 e. The van der Waals surface area contributed by atoms with Gasteiger partial charge >= 0.3 is 5.97 Å². The first kappa shape index (κ1) is 27.4. The van der Waals surface area contributed by atoms with Crippen molar-refractivity contribution in [3.63, 3.8) is 0 Å². The summed E-state index contributed by atoms with van der Waals surface area (Å²) in [4.78, 5) is 26.1. The largest absolute Gasteiger partial charge is 0.497 e. The summed E-state index contributed by atoms with van der Waals surface area (Å²) < 4.78 is 12.7. The number of aromatic nitrogens is 1. The Bertz CT molecular complexity index is 1450. The number of rotatable bonds is 9. The zero-order valence-electron chi connectivity index (χ0n) is 22.7. The molecule has 0 radical (unpaired) electrons. The highest BCUT2D eigenvalue weighted by Crippen LogP contribution is 2.33. The van der Waals surface area contributed by atoms with Crippen molar-refractivity contribution in [1.29, 1.82) is 5.26 Å². The van der Waals surface area contributed by atoms with Gasteiger partial charge in [0.25, 0.3) is 5.91 Å². The number of aryl methyl sites for hydroxylation is 1. The van der Waals surface area contributed by atoms with E-state index in [1.807, 2.05) is 80.6 Å². The number of methoxy groups -OCH3 is 1. The molecule has 1 atom stereocenters. The zero-order valence-corrected chi connectivity index (χ0v) is 22.7. The number of nitrogens with zero attached hydrogens (tertiary/aromatic N) is 4. The zero-order chi connectivity index (χ0) is 27.9. The van der Waals surface area contributed by atoms with Gasteiger partial charge in [0.05, 0.1) is 18.9 Å². The van der Waals surface area contributed by atoms with E-state index in [1.54, 1.807) is 7.11 Å². The minimum absolute atomic E-state index is 0.166. The maximum atomic E-state index is 13.3. The summed E-state index contributed by atoms with van der Waals surface area (Å²) in [5.41, 5.74) is 5.18. The molecule has 0 saturated carbocycles. The van der Waals surface area contributed by atoms with E-state index in [4.69, 9.17) is 9.47 Å². The van der Waals surface area contributed by atoms with E-state index in [0.29, 0.717) is 12.2 Å². The molecule has 2 heterocycles. The third-order valence-corrected chi connectivity index (χ3v) is 6.80. The molecule has 0 bridgehead atoms. The Kier molecular flexibility index (Phi) is 8.62. The molecular formula is C31H32N4O4. The van der Waals surface area contributed by atoms with Crippen molar-refractivity contribution in [2.24, 2.45) is 5.10 Å². The Hall–Kier alpha value is -4.64. The fourth-order valence-electron chi connectivity index (χ4n) is 4.74. The lowest BCUT2D eigenvalue weighted by atomic mass is 9.98. The van der Waals surface area contributed by atoms with E-state index >= 15 is 0 Å².